The molecule has 1 aliphatic rings. The summed E-state index contributed by atoms with van der Waals surface area (Å²) in [4.78, 5) is 11.1. The molecule has 2 rings (SSSR count). The molecule has 0 bridgehead atoms. The average Bonchev–Trinajstić information content (AvgIpc) is 2.71. The smallest absolute Gasteiger partial charge is 0.335 e. The van der Waals surface area contributed by atoms with Crippen LogP contribution in [0.25, 0.3) is 0 Å². The van der Waals surface area contributed by atoms with Gasteiger partial charge >= 0.3 is 5.97 Å². The zero-order valence-corrected chi connectivity index (χ0v) is 16.5. The van der Waals surface area contributed by atoms with E-state index in [9.17, 15) is 20.1 Å². The fraction of sp³-hybridized carbons (Fsp3) is 0.667. The van der Waals surface area contributed by atoms with Gasteiger partial charge in [-0.15, -0.1) is 0 Å². The number of rotatable bonds is 12. The van der Waals surface area contributed by atoms with Crippen LogP contribution < -0.4 is 4.74 Å². The Bertz CT molecular complexity index is 605. The summed E-state index contributed by atoms with van der Waals surface area (Å²) in [5.74, 6) is -1.07. The van der Waals surface area contributed by atoms with Gasteiger partial charge in [0.2, 0.25) is 6.29 Å². The molecule has 5 N–H and O–H groups in total. The molecule has 0 aromatic heterocycles. The van der Waals surface area contributed by atoms with Gasteiger partial charge in [0, 0.05) is 6.61 Å². The van der Waals surface area contributed by atoms with E-state index in [-0.39, 0.29) is 6.61 Å². The van der Waals surface area contributed by atoms with E-state index in [0.29, 0.717) is 5.75 Å². The first-order valence-corrected chi connectivity index (χ1v) is 10.2. The number of unbranched alkanes of at least 4 members (excludes halogenated alkanes) is 6. The van der Waals surface area contributed by atoms with Crippen molar-refractivity contribution in [3.05, 3.63) is 29.8 Å². The van der Waals surface area contributed by atoms with E-state index in [4.69, 9.17) is 19.7 Å². The second-order valence-corrected chi connectivity index (χ2v) is 7.45. The third-order valence-electron chi connectivity index (χ3n) is 5.11. The zero-order chi connectivity index (χ0) is 21.2. The molecule has 1 aromatic carbocycles. The van der Waals surface area contributed by atoms with Gasteiger partial charge in [-0.05, 0) is 37.0 Å². The van der Waals surface area contributed by atoms with E-state index in [1.807, 2.05) is 12.1 Å². The molecular formula is C21H32O8. The van der Waals surface area contributed by atoms with Gasteiger partial charge in [0.05, 0.1) is 0 Å². The Morgan fingerprint density at radius 3 is 2.03 bits per heavy atom. The molecule has 0 radical (unpaired) electrons. The van der Waals surface area contributed by atoms with Crippen LogP contribution in [0.3, 0.4) is 0 Å². The normalized spacial score (nSPS) is 27.0. The third kappa shape index (κ3) is 7.24. The summed E-state index contributed by atoms with van der Waals surface area (Å²) in [7, 11) is 0. The van der Waals surface area contributed by atoms with Crippen LogP contribution >= 0.6 is 0 Å². The molecule has 1 aromatic rings. The van der Waals surface area contributed by atoms with E-state index in [0.717, 1.165) is 44.1 Å². The minimum Gasteiger partial charge on any atom is -0.479 e. The second kappa shape index (κ2) is 12.1. The van der Waals surface area contributed by atoms with E-state index in [1.54, 1.807) is 12.1 Å². The number of carbonyl (C=O) groups is 1. The zero-order valence-electron chi connectivity index (χ0n) is 16.5. The Kier molecular flexibility index (Phi) is 9.83. The largest absolute Gasteiger partial charge is 0.479 e. The molecule has 29 heavy (non-hydrogen) atoms. The van der Waals surface area contributed by atoms with Gasteiger partial charge in [0.25, 0.3) is 0 Å². The maximum absolute atomic E-state index is 11.1. The van der Waals surface area contributed by atoms with Crippen molar-refractivity contribution in [3.8, 4) is 5.75 Å². The Morgan fingerprint density at radius 2 is 1.45 bits per heavy atom. The van der Waals surface area contributed by atoms with Crippen LogP contribution in [0.2, 0.25) is 0 Å². The predicted molar refractivity (Wildman–Crippen MR) is 104 cm³/mol. The molecule has 1 saturated heterocycles. The molecule has 0 unspecified atom stereocenters. The van der Waals surface area contributed by atoms with Crippen LogP contribution in [0.4, 0.5) is 0 Å². The first-order valence-electron chi connectivity index (χ1n) is 10.2. The number of aliphatic carboxylic acids is 1. The summed E-state index contributed by atoms with van der Waals surface area (Å²) in [5, 5.41) is 47.3. The van der Waals surface area contributed by atoms with Crippen LogP contribution in [0, 0.1) is 0 Å². The van der Waals surface area contributed by atoms with Gasteiger partial charge in [-0.1, -0.05) is 44.2 Å². The Morgan fingerprint density at radius 1 is 0.862 bits per heavy atom. The van der Waals surface area contributed by atoms with Gasteiger partial charge in [0.1, 0.15) is 24.1 Å². The lowest BCUT2D eigenvalue weighted by Crippen LogP contribution is -2.61. The summed E-state index contributed by atoms with van der Waals surface area (Å²) in [6.45, 7) is 0.272. The van der Waals surface area contributed by atoms with Gasteiger partial charge in [-0.2, -0.15) is 0 Å². The molecule has 8 nitrogen and oxygen atoms in total. The van der Waals surface area contributed by atoms with Gasteiger partial charge < -0.3 is 35.0 Å². The summed E-state index contributed by atoms with van der Waals surface area (Å²) >= 11 is 0. The number of hydrogen-bond acceptors (Lipinski definition) is 7. The van der Waals surface area contributed by atoms with Crippen molar-refractivity contribution in [1.82, 2.24) is 0 Å². The Balaban J connectivity index is 1.76. The summed E-state index contributed by atoms with van der Waals surface area (Å²) in [6.07, 6.45) is 0.598. The van der Waals surface area contributed by atoms with Crippen molar-refractivity contribution >= 4 is 5.97 Å². The molecular weight excluding hydrogens is 380 g/mol. The number of carboxylic acid groups (broad SMARTS) is 1. The second-order valence-electron chi connectivity index (χ2n) is 7.45. The van der Waals surface area contributed by atoms with Crippen LogP contribution in [0.15, 0.2) is 24.3 Å². The molecule has 1 fully saturated rings. The van der Waals surface area contributed by atoms with E-state index < -0.39 is 36.7 Å². The van der Waals surface area contributed by atoms with Crippen LogP contribution in [-0.4, -0.2) is 68.8 Å². The number of benzene rings is 1. The summed E-state index contributed by atoms with van der Waals surface area (Å²) in [6, 6.07) is 7.19. The van der Waals surface area contributed by atoms with Gasteiger partial charge in [0.15, 0.2) is 6.10 Å². The predicted octanol–water partition coefficient (Wildman–Crippen LogP) is 1.22. The lowest BCUT2D eigenvalue weighted by Gasteiger charge is -2.38. The van der Waals surface area contributed by atoms with E-state index >= 15 is 0 Å². The highest BCUT2D eigenvalue weighted by atomic mass is 16.7. The molecule has 0 spiro atoms. The maximum Gasteiger partial charge on any atom is 0.335 e. The average molecular weight is 412 g/mol. The molecule has 164 valence electrons. The molecule has 0 aliphatic carbocycles. The fourth-order valence-corrected chi connectivity index (χ4v) is 3.34. The van der Waals surface area contributed by atoms with Crippen LogP contribution in [0.1, 0.15) is 50.5 Å². The van der Waals surface area contributed by atoms with E-state index in [2.05, 4.69) is 0 Å². The van der Waals surface area contributed by atoms with Crippen molar-refractivity contribution in [2.75, 3.05) is 6.61 Å². The SMILES string of the molecule is O=C(O)[C@H]1O[C@@H](Oc2ccc(CCCCCCCCCO)cc2)[C@H](O)[C@@H](O)[C@@H]1O. The fourth-order valence-electron chi connectivity index (χ4n) is 3.34. The highest BCUT2D eigenvalue weighted by Crippen LogP contribution is 2.25. The minimum atomic E-state index is -1.74. The summed E-state index contributed by atoms with van der Waals surface area (Å²) < 4.78 is 10.6. The number of aliphatic hydroxyl groups is 4. The Labute approximate surface area is 170 Å². The number of aliphatic hydroxyl groups excluding tert-OH is 4. The molecule has 1 heterocycles. The van der Waals surface area contributed by atoms with Crippen LogP contribution in [-0.2, 0) is 16.0 Å². The van der Waals surface area contributed by atoms with Crippen LogP contribution in [0.5, 0.6) is 5.75 Å². The third-order valence-corrected chi connectivity index (χ3v) is 5.11. The monoisotopic (exact) mass is 412 g/mol. The van der Waals surface area contributed by atoms with Crippen molar-refractivity contribution in [2.45, 2.75) is 82.1 Å². The first-order chi connectivity index (χ1) is 13.9. The first kappa shape index (κ1) is 23.6. The molecule has 5 atom stereocenters. The standard InChI is InChI=1S/C21H32O8/c22-13-7-5-3-1-2-4-6-8-14-9-11-15(12-10-14)28-21-18(25)16(23)17(24)19(29-21)20(26)27/h9-12,16-19,21-25H,1-8,13H2,(H,26,27)/t16-,17-,18+,19-,21+/m0/s1. The van der Waals surface area contributed by atoms with Crippen molar-refractivity contribution < 1.29 is 39.8 Å². The van der Waals surface area contributed by atoms with Gasteiger partial charge in [-0.25, -0.2) is 4.79 Å². The highest BCUT2D eigenvalue weighted by Gasteiger charge is 2.48. The van der Waals surface area contributed by atoms with E-state index in [1.165, 1.54) is 12.8 Å². The number of hydrogen-bond donors (Lipinski definition) is 5. The molecule has 0 saturated carbocycles. The Hall–Kier alpha value is -1.71. The summed E-state index contributed by atoms with van der Waals surface area (Å²) in [5.41, 5.74) is 1.14. The minimum absolute atomic E-state index is 0.272. The number of carboxylic acids is 1. The number of ether oxygens (including phenoxy) is 2. The molecule has 0 amide bonds. The lowest BCUT2D eigenvalue weighted by atomic mass is 9.99. The highest BCUT2D eigenvalue weighted by molar-refractivity contribution is 5.73. The quantitative estimate of drug-likeness (QED) is 0.323. The topological polar surface area (TPSA) is 137 Å². The van der Waals surface area contributed by atoms with Crippen molar-refractivity contribution in [2.24, 2.45) is 0 Å². The lowest BCUT2D eigenvalue weighted by molar-refractivity contribution is -0.271. The maximum atomic E-state index is 11.1. The van der Waals surface area contributed by atoms with Crippen molar-refractivity contribution in [1.29, 1.82) is 0 Å². The molecule has 8 heteroatoms. The van der Waals surface area contributed by atoms with Crippen molar-refractivity contribution in [3.63, 3.8) is 0 Å². The van der Waals surface area contributed by atoms with Gasteiger partial charge in [-0.3, -0.25) is 0 Å². The molecule has 1 aliphatic heterocycles. The number of aryl methyl sites for hydroxylation is 1.